The Morgan fingerprint density at radius 2 is 1.90 bits per heavy atom. The van der Waals surface area contributed by atoms with Crippen molar-refractivity contribution in [2.24, 2.45) is 0 Å². The van der Waals surface area contributed by atoms with Crippen molar-refractivity contribution in [2.75, 3.05) is 7.11 Å². The zero-order chi connectivity index (χ0) is 15.8. The second-order valence-corrected chi connectivity index (χ2v) is 7.43. The zero-order valence-electron chi connectivity index (χ0n) is 13.6. The third-order valence-corrected chi connectivity index (χ3v) is 5.60. The topological polar surface area (TPSA) is 44.8 Å². The maximum Gasteiger partial charge on any atom is 0.467 e. The van der Waals surface area contributed by atoms with Gasteiger partial charge in [-0.3, -0.25) is 4.79 Å². The summed E-state index contributed by atoms with van der Waals surface area (Å²) in [5, 5.41) is 2.03. The van der Waals surface area contributed by atoms with E-state index >= 15 is 0 Å². The van der Waals surface area contributed by atoms with E-state index in [2.05, 4.69) is 6.07 Å². The lowest BCUT2D eigenvalue weighted by Gasteiger charge is -2.32. The Bertz CT molecular complexity index is 507. The van der Waals surface area contributed by atoms with Gasteiger partial charge in [-0.25, -0.2) is 0 Å². The van der Waals surface area contributed by atoms with Gasteiger partial charge in [0, 0.05) is 10.7 Å². The van der Waals surface area contributed by atoms with Crippen LogP contribution in [0.15, 0.2) is 11.4 Å². The molecule has 0 N–H and O–H groups in total. The second kappa shape index (κ2) is 5.74. The van der Waals surface area contributed by atoms with Gasteiger partial charge in [-0.15, -0.1) is 11.3 Å². The number of methoxy groups -OCH3 is 1. The summed E-state index contributed by atoms with van der Waals surface area (Å²) in [6.45, 7) is 10.1. The highest BCUT2D eigenvalue weighted by atomic mass is 32.1. The fourth-order valence-electron chi connectivity index (χ4n) is 2.39. The largest absolute Gasteiger partial charge is 0.469 e. The Morgan fingerprint density at radius 3 is 2.33 bits per heavy atom. The van der Waals surface area contributed by atoms with Gasteiger partial charge in [0.2, 0.25) is 0 Å². The third kappa shape index (κ3) is 3.17. The number of thiophene rings is 1. The van der Waals surface area contributed by atoms with E-state index < -0.39 is 18.3 Å². The zero-order valence-corrected chi connectivity index (χ0v) is 14.4. The fourth-order valence-corrected chi connectivity index (χ4v) is 3.43. The maximum atomic E-state index is 11.8. The van der Waals surface area contributed by atoms with Crippen LogP contribution in [-0.4, -0.2) is 31.4 Å². The van der Waals surface area contributed by atoms with E-state index in [1.165, 1.54) is 7.11 Å². The van der Waals surface area contributed by atoms with Gasteiger partial charge in [0.25, 0.3) is 0 Å². The highest BCUT2D eigenvalue weighted by molar-refractivity contribution is 7.10. The summed E-state index contributed by atoms with van der Waals surface area (Å²) in [6.07, 6.45) is 0.259. The summed E-state index contributed by atoms with van der Waals surface area (Å²) < 4.78 is 17.1. The summed E-state index contributed by atoms with van der Waals surface area (Å²) in [5.41, 5.74) is 0.345. The predicted molar refractivity (Wildman–Crippen MR) is 84.5 cm³/mol. The lowest BCUT2D eigenvalue weighted by molar-refractivity contribution is -0.140. The van der Waals surface area contributed by atoms with E-state index in [1.807, 2.05) is 40.0 Å². The van der Waals surface area contributed by atoms with E-state index in [9.17, 15) is 4.79 Å². The number of carbonyl (C=O) groups excluding carboxylic acids is 1. The van der Waals surface area contributed by atoms with Gasteiger partial charge in [-0.2, -0.15) is 0 Å². The Balaban J connectivity index is 2.29. The van der Waals surface area contributed by atoms with E-state index in [-0.39, 0.29) is 18.2 Å². The summed E-state index contributed by atoms with van der Waals surface area (Å²) >= 11 is 1.63. The van der Waals surface area contributed by atoms with Gasteiger partial charge in [0.15, 0.2) is 0 Å². The molecule has 6 heteroatoms. The first-order valence-corrected chi connectivity index (χ1v) is 8.02. The van der Waals surface area contributed by atoms with E-state index in [4.69, 9.17) is 14.0 Å². The first-order chi connectivity index (χ1) is 9.68. The monoisotopic (exact) mass is 310 g/mol. The van der Waals surface area contributed by atoms with Crippen molar-refractivity contribution in [2.45, 2.75) is 58.1 Å². The van der Waals surface area contributed by atoms with Crippen molar-refractivity contribution in [1.29, 1.82) is 0 Å². The fraction of sp³-hybridized carbons (Fsp3) is 0.667. The van der Waals surface area contributed by atoms with Gasteiger partial charge in [0.05, 0.1) is 24.7 Å². The molecule has 1 aromatic heterocycles. The van der Waals surface area contributed by atoms with E-state index in [0.717, 1.165) is 10.4 Å². The van der Waals surface area contributed by atoms with Crippen molar-refractivity contribution >= 4 is 24.4 Å². The van der Waals surface area contributed by atoms with Gasteiger partial charge in [-0.1, -0.05) is 0 Å². The van der Waals surface area contributed by atoms with Gasteiger partial charge in [0.1, 0.15) is 0 Å². The minimum absolute atomic E-state index is 0.140. The van der Waals surface area contributed by atoms with Crippen LogP contribution in [-0.2, 0) is 18.8 Å². The molecule has 1 unspecified atom stereocenters. The summed E-state index contributed by atoms with van der Waals surface area (Å²) in [5.74, 6) is -0.388. The smallest absolute Gasteiger partial charge is 0.467 e. The normalized spacial score (nSPS) is 21.3. The molecule has 1 aliphatic heterocycles. The van der Waals surface area contributed by atoms with Gasteiger partial charge in [-0.05, 0) is 51.6 Å². The van der Waals surface area contributed by atoms with Crippen LogP contribution in [0.25, 0.3) is 0 Å². The number of hydrogen-bond acceptors (Lipinski definition) is 5. The molecule has 4 nitrogen and oxygen atoms in total. The molecule has 2 heterocycles. The van der Waals surface area contributed by atoms with Crippen molar-refractivity contribution < 1.29 is 18.8 Å². The second-order valence-electron chi connectivity index (χ2n) is 6.48. The number of rotatable bonds is 4. The molecular formula is C15H23BO4S. The molecule has 1 fully saturated rings. The van der Waals surface area contributed by atoms with E-state index in [0.29, 0.717) is 0 Å². The highest BCUT2D eigenvalue weighted by Crippen LogP contribution is 2.43. The average molecular weight is 310 g/mol. The molecule has 0 amide bonds. The summed E-state index contributed by atoms with van der Waals surface area (Å²) in [6, 6.07) is 2.05. The van der Waals surface area contributed by atoms with Crippen LogP contribution in [0.5, 0.6) is 0 Å². The maximum absolute atomic E-state index is 11.8. The Hall–Kier alpha value is -0.845. The lowest BCUT2D eigenvalue weighted by atomic mass is 9.68. The van der Waals surface area contributed by atoms with Crippen molar-refractivity contribution in [1.82, 2.24) is 0 Å². The highest BCUT2D eigenvalue weighted by Gasteiger charge is 2.54. The van der Waals surface area contributed by atoms with E-state index in [1.54, 1.807) is 11.3 Å². The van der Waals surface area contributed by atoms with Crippen molar-refractivity contribution in [3.63, 3.8) is 0 Å². The number of ether oxygens (including phenoxy) is 1. The molecule has 1 atom stereocenters. The molecule has 0 bridgehead atoms. The molecule has 21 heavy (non-hydrogen) atoms. The van der Waals surface area contributed by atoms with Gasteiger partial charge >= 0.3 is 13.1 Å². The quantitative estimate of drug-likeness (QED) is 0.632. The van der Waals surface area contributed by atoms with Gasteiger partial charge < -0.3 is 14.0 Å². The molecule has 0 radical (unpaired) electrons. The van der Waals surface area contributed by atoms with Crippen LogP contribution in [0, 0.1) is 6.92 Å². The molecule has 1 aromatic rings. The van der Waals surface area contributed by atoms with Crippen LogP contribution in [0.4, 0.5) is 0 Å². The molecule has 2 rings (SSSR count). The number of carbonyl (C=O) groups is 1. The Kier molecular flexibility index (Phi) is 4.52. The third-order valence-electron chi connectivity index (χ3n) is 4.45. The van der Waals surface area contributed by atoms with Crippen LogP contribution >= 0.6 is 11.3 Å². The molecule has 1 aliphatic rings. The molecule has 0 aliphatic carbocycles. The molecule has 1 saturated heterocycles. The number of hydrogen-bond donors (Lipinski definition) is 0. The first kappa shape index (κ1) is 16.5. The average Bonchev–Trinajstić information content (AvgIpc) is 2.88. The Labute approximate surface area is 130 Å². The molecule has 0 aromatic carbocycles. The minimum Gasteiger partial charge on any atom is -0.469 e. The van der Waals surface area contributed by atoms with Crippen LogP contribution < -0.4 is 0 Å². The van der Waals surface area contributed by atoms with Crippen molar-refractivity contribution in [3.8, 4) is 0 Å². The molecular weight excluding hydrogens is 287 g/mol. The van der Waals surface area contributed by atoms with Crippen LogP contribution in [0.3, 0.4) is 0 Å². The number of aryl methyl sites for hydroxylation is 1. The Morgan fingerprint density at radius 1 is 1.33 bits per heavy atom. The molecule has 116 valence electrons. The predicted octanol–water partition coefficient (Wildman–Crippen LogP) is 3.33. The minimum atomic E-state index is -0.438. The SMILES string of the molecule is COC(=O)CC(B1OC(C)(C)C(C)(C)O1)c1sccc1C. The van der Waals surface area contributed by atoms with Crippen LogP contribution in [0.2, 0.25) is 0 Å². The molecule has 0 spiro atoms. The standard InChI is InChI=1S/C15H23BO4S/c1-10-7-8-21-13(10)11(9-12(17)18-6)16-19-14(2,3)15(4,5)20-16/h7-8,11H,9H2,1-6H3. The van der Waals surface area contributed by atoms with Crippen molar-refractivity contribution in [3.05, 3.63) is 21.9 Å². The summed E-state index contributed by atoms with van der Waals surface area (Å²) in [4.78, 5) is 12.9. The van der Waals surface area contributed by atoms with Crippen LogP contribution in [0.1, 0.15) is 50.4 Å². The number of esters is 1. The first-order valence-electron chi connectivity index (χ1n) is 7.14. The molecule has 0 saturated carbocycles. The summed E-state index contributed by atoms with van der Waals surface area (Å²) in [7, 11) is 0.969. The lowest BCUT2D eigenvalue weighted by Crippen LogP contribution is -2.41.